The molecule has 1 rings (SSSR count). The largest absolute Gasteiger partial charge is 0.389 e. The second kappa shape index (κ2) is 8.95. The predicted octanol–water partition coefficient (Wildman–Crippen LogP) is 3.38. The van der Waals surface area contributed by atoms with Gasteiger partial charge in [-0.3, -0.25) is 0 Å². The Morgan fingerprint density at radius 1 is 1.38 bits per heavy atom. The zero-order chi connectivity index (χ0) is 15.8. The molecular formula is C16H26FN3S. The fourth-order valence-corrected chi connectivity index (χ4v) is 2.41. The number of thiocarbonyl (C=S) groups is 1. The number of nitrogens with zero attached hydrogens (tertiary/aromatic N) is 1. The van der Waals surface area contributed by atoms with Crippen LogP contribution in [0.15, 0.2) is 18.2 Å². The van der Waals surface area contributed by atoms with Gasteiger partial charge in [-0.2, -0.15) is 0 Å². The summed E-state index contributed by atoms with van der Waals surface area (Å²) >= 11 is 4.84. The van der Waals surface area contributed by atoms with Gasteiger partial charge >= 0.3 is 0 Å². The summed E-state index contributed by atoms with van der Waals surface area (Å²) in [6, 6.07) is 5.06. The molecule has 0 amide bonds. The van der Waals surface area contributed by atoms with Crippen LogP contribution in [0.5, 0.6) is 0 Å². The van der Waals surface area contributed by atoms with E-state index >= 15 is 0 Å². The Kier molecular flexibility index (Phi) is 7.61. The quantitative estimate of drug-likeness (QED) is 0.686. The molecule has 0 radical (unpaired) electrons. The lowest BCUT2D eigenvalue weighted by Gasteiger charge is -2.20. The fraction of sp³-hybridized carbons (Fsp3) is 0.562. The summed E-state index contributed by atoms with van der Waals surface area (Å²) in [6.45, 7) is 9.65. The van der Waals surface area contributed by atoms with Gasteiger partial charge in [-0.1, -0.05) is 26.1 Å². The van der Waals surface area contributed by atoms with Crippen LogP contribution in [-0.4, -0.2) is 35.6 Å². The molecule has 0 heterocycles. The highest BCUT2D eigenvalue weighted by molar-refractivity contribution is 7.80. The summed E-state index contributed by atoms with van der Waals surface area (Å²) in [6.07, 6.45) is 2.11. The summed E-state index contributed by atoms with van der Waals surface area (Å²) in [5.41, 5.74) is 6.56. The standard InChI is InChI=1S/C16H26FN3S/c1-4-20(5-2)10-6-7-12(3)19-15-9-8-13(16(18)21)11-14(15)17/h8-9,11-12,19H,4-7,10H2,1-3H3,(H2,18,21). The van der Waals surface area contributed by atoms with Crippen LogP contribution in [0.4, 0.5) is 10.1 Å². The number of halogens is 1. The first-order valence-corrected chi connectivity index (χ1v) is 7.97. The molecule has 0 saturated heterocycles. The first kappa shape index (κ1) is 17.9. The number of hydrogen-bond acceptors (Lipinski definition) is 3. The van der Waals surface area contributed by atoms with E-state index in [9.17, 15) is 4.39 Å². The highest BCUT2D eigenvalue weighted by Gasteiger charge is 2.09. The summed E-state index contributed by atoms with van der Waals surface area (Å²) < 4.78 is 13.9. The minimum Gasteiger partial charge on any atom is -0.389 e. The van der Waals surface area contributed by atoms with Crippen LogP contribution in [0.2, 0.25) is 0 Å². The van der Waals surface area contributed by atoms with Gasteiger partial charge in [0.05, 0.1) is 5.69 Å². The molecule has 0 aliphatic rings. The normalized spacial score (nSPS) is 12.4. The molecule has 5 heteroatoms. The number of benzene rings is 1. The van der Waals surface area contributed by atoms with Crippen molar-refractivity contribution < 1.29 is 4.39 Å². The molecule has 1 atom stereocenters. The summed E-state index contributed by atoms with van der Waals surface area (Å²) in [7, 11) is 0. The van der Waals surface area contributed by atoms with Gasteiger partial charge < -0.3 is 16.0 Å². The van der Waals surface area contributed by atoms with E-state index in [1.165, 1.54) is 6.07 Å². The van der Waals surface area contributed by atoms with E-state index in [0.29, 0.717) is 11.3 Å². The number of rotatable bonds is 9. The van der Waals surface area contributed by atoms with E-state index in [4.69, 9.17) is 18.0 Å². The summed E-state index contributed by atoms with van der Waals surface area (Å²) in [4.78, 5) is 2.61. The maximum atomic E-state index is 13.9. The minimum absolute atomic E-state index is 0.215. The zero-order valence-electron chi connectivity index (χ0n) is 13.2. The van der Waals surface area contributed by atoms with Crippen LogP contribution in [0.3, 0.4) is 0 Å². The van der Waals surface area contributed by atoms with E-state index < -0.39 is 0 Å². The van der Waals surface area contributed by atoms with E-state index in [0.717, 1.165) is 32.5 Å². The molecule has 0 aromatic heterocycles. The van der Waals surface area contributed by atoms with Crippen molar-refractivity contribution in [3.63, 3.8) is 0 Å². The molecule has 21 heavy (non-hydrogen) atoms. The molecule has 0 fully saturated rings. The van der Waals surface area contributed by atoms with Crippen LogP contribution in [-0.2, 0) is 0 Å². The number of nitrogens with one attached hydrogen (secondary N) is 1. The van der Waals surface area contributed by atoms with Crippen molar-refractivity contribution in [3.8, 4) is 0 Å². The number of anilines is 1. The maximum absolute atomic E-state index is 13.9. The lowest BCUT2D eigenvalue weighted by molar-refractivity contribution is 0.295. The molecule has 1 unspecified atom stereocenters. The van der Waals surface area contributed by atoms with Crippen molar-refractivity contribution in [2.45, 2.75) is 39.7 Å². The summed E-state index contributed by atoms with van der Waals surface area (Å²) in [5.74, 6) is -0.309. The van der Waals surface area contributed by atoms with Crippen molar-refractivity contribution in [3.05, 3.63) is 29.6 Å². The second-order valence-corrected chi connectivity index (χ2v) is 5.71. The Bertz CT molecular complexity index is 461. The molecule has 1 aromatic carbocycles. The molecule has 3 nitrogen and oxygen atoms in total. The van der Waals surface area contributed by atoms with Crippen molar-refractivity contribution in [2.24, 2.45) is 5.73 Å². The van der Waals surface area contributed by atoms with Gasteiger partial charge in [0.1, 0.15) is 10.8 Å². The van der Waals surface area contributed by atoms with E-state index in [1.54, 1.807) is 12.1 Å². The van der Waals surface area contributed by atoms with Gasteiger partial charge in [0.25, 0.3) is 0 Å². The van der Waals surface area contributed by atoms with E-state index in [2.05, 4.69) is 31.0 Å². The zero-order valence-corrected chi connectivity index (χ0v) is 14.0. The third-order valence-electron chi connectivity index (χ3n) is 3.66. The minimum atomic E-state index is -0.309. The molecule has 0 saturated carbocycles. The predicted molar refractivity (Wildman–Crippen MR) is 92.4 cm³/mol. The highest BCUT2D eigenvalue weighted by atomic mass is 32.1. The lowest BCUT2D eigenvalue weighted by atomic mass is 10.1. The van der Waals surface area contributed by atoms with Crippen molar-refractivity contribution in [1.29, 1.82) is 0 Å². The Morgan fingerprint density at radius 3 is 2.57 bits per heavy atom. The van der Waals surface area contributed by atoms with E-state index in [1.807, 2.05) is 0 Å². The lowest BCUT2D eigenvalue weighted by Crippen LogP contribution is -2.25. The molecular weight excluding hydrogens is 285 g/mol. The number of nitrogens with two attached hydrogens (primary N) is 1. The van der Waals surface area contributed by atoms with Gasteiger partial charge in [-0.15, -0.1) is 0 Å². The van der Waals surface area contributed by atoms with Crippen LogP contribution >= 0.6 is 12.2 Å². The van der Waals surface area contributed by atoms with Crippen LogP contribution < -0.4 is 11.1 Å². The van der Waals surface area contributed by atoms with Gasteiger partial charge in [0.15, 0.2) is 0 Å². The van der Waals surface area contributed by atoms with Gasteiger partial charge in [-0.05, 0) is 57.6 Å². The molecule has 1 aromatic rings. The van der Waals surface area contributed by atoms with Crippen LogP contribution in [0, 0.1) is 5.82 Å². The van der Waals surface area contributed by atoms with Crippen LogP contribution in [0.1, 0.15) is 39.2 Å². The third kappa shape index (κ3) is 5.98. The monoisotopic (exact) mass is 311 g/mol. The Balaban J connectivity index is 2.47. The van der Waals surface area contributed by atoms with Crippen molar-refractivity contribution in [2.75, 3.05) is 25.0 Å². The Hall–Kier alpha value is -1.20. The third-order valence-corrected chi connectivity index (χ3v) is 3.90. The number of hydrogen-bond donors (Lipinski definition) is 2. The Morgan fingerprint density at radius 2 is 2.05 bits per heavy atom. The first-order chi connectivity index (χ1) is 9.97. The van der Waals surface area contributed by atoms with Crippen LogP contribution in [0.25, 0.3) is 0 Å². The second-order valence-electron chi connectivity index (χ2n) is 5.27. The molecule has 3 N–H and O–H groups in total. The molecule has 0 aliphatic heterocycles. The first-order valence-electron chi connectivity index (χ1n) is 7.56. The topological polar surface area (TPSA) is 41.3 Å². The maximum Gasteiger partial charge on any atom is 0.146 e. The van der Waals surface area contributed by atoms with Gasteiger partial charge in [-0.25, -0.2) is 4.39 Å². The SMILES string of the molecule is CCN(CC)CCCC(C)Nc1ccc(C(N)=S)cc1F. The molecule has 0 aliphatic carbocycles. The van der Waals surface area contributed by atoms with Gasteiger partial charge in [0.2, 0.25) is 0 Å². The van der Waals surface area contributed by atoms with E-state index in [-0.39, 0.29) is 16.8 Å². The van der Waals surface area contributed by atoms with Crippen molar-refractivity contribution in [1.82, 2.24) is 4.90 Å². The average molecular weight is 311 g/mol. The molecule has 0 spiro atoms. The molecule has 0 bridgehead atoms. The van der Waals surface area contributed by atoms with Crippen molar-refractivity contribution >= 4 is 22.9 Å². The summed E-state index contributed by atoms with van der Waals surface area (Å²) in [5, 5.41) is 3.21. The average Bonchev–Trinajstić information content (AvgIpc) is 2.45. The Labute approximate surface area is 132 Å². The van der Waals surface area contributed by atoms with Gasteiger partial charge in [0, 0.05) is 11.6 Å². The highest BCUT2D eigenvalue weighted by Crippen LogP contribution is 2.18. The smallest absolute Gasteiger partial charge is 0.146 e. The molecule has 118 valence electrons. The fourth-order valence-electron chi connectivity index (χ4n) is 2.28.